The minimum atomic E-state index is -0.895. The number of para-hydroxylation sites is 1. The van der Waals surface area contributed by atoms with Crippen molar-refractivity contribution in [2.75, 3.05) is 40.5 Å². The van der Waals surface area contributed by atoms with Crippen LogP contribution in [0.15, 0.2) is 24.3 Å². The number of carbonyl (C=O) groups excluding carboxylic acids is 3. The van der Waals surface area contributed by atoms with E-state index in [2.05, 4.69) is 29.8 Å². The minimum Gasteiger partial charge on any atom is -0.493 e. The molecule has 0 aliphatic rings. The zero-order valence-electron chi connectivity index (χ0n) is 26.1. The summed E-state index contributed by atoms with van der Waals surface area (Å²) >= 11 is 0. The van der Waals surface area contributed by atoms with E-state index in [1.165, 1.54) is 0 Å². The van der Waals surface area contributed by atoms with Crippen LogP contribution in [0.2, 0.25) is 0 Å². The normalized spacial score (nSPS) is 15.1. The molecule has 10 heteroatoms. The third-order valence-electron chi connectivity index (χ3n) is 7.58. The number of aliphatic hydroxyl groups excluding tert-OH is 1. The van der Waals surface area contributed by atoms with E-state index in [4.69, 9.17) is 15.2 Å². The van der Waals surface area contributed by atoms with E-state index in [1.54, 1.807) is 39.3 Å². The van der Waals surface area contributed by atoms with Gasteiger partial charge in [-0.3, -0.25) is 14.4 Å². The fourth-order valence-electron chi connectivity index (χ4n) is 4.57. The second kappa shape index (κ2) is 19.4. The number of methoxy groups -OCH3 is 1. The smallest absolute Gasteiger partial charge is 0.255 e. The molecular formula is C31H54N4O6. The van der Waals surface area contributed by atoms with Crippen molar-refractivity contribution in [1.29, 1.82) is 0 Å². The second-order valence-electron chi connectivity index (χ2n) is 11.6. The van der Waals surface area contributed by atoms with Crippen molar-refractivity contribution >= 4 is 17.7 Å². The number of nitrogens with one attached hydrogen (secondary N) is 3. The molecule has 4 unspecified atom stereocenters. The molecule has 234 valence electrons. The maximum absolute atomic E-state index is 13.1. The number of unbranched alkanes of at least 4 members (excludes halogenated alkanes) is 1. The highest BCUT2D eigenvalue weighted by molar-refractivity contribution is 5.96. The first-order valence-electron chi connectivity index (χ1n) is 14.8. The van der Waals surface area contributed by atoms with Crippen molar-refractivity contribution in [3.63, 3.8) is 0 Å². The molecule has 0 radical (unpaired) electrons. The molecule has 1 aromatic rings. The Morgan fingerprint density at radius 3 is 2.17 bits per heavy atom. The SMILES string of the molecule is CNC(=O)C(C)CNC(=O)C(C[C@@H](O)C(N)CC(CNC(=O)c1ccccc1OCCCCOC)C(C)C)C(C)C. The van der Waals surface area contributed by atoms with Gasteiger partial charge >= 0.3 is 0 Å². The van der Waals surface area contributed by atoms with Crippen molar-refractivity contribution in [1.82, 2.24) is 16.0 Å². The van der Waals surface area contributed by atoms with Gasteiger partial charge < -0.3 is 36.3 Å². The molecule has 0 bridgehead atoms. The van der Waals surface area contributed by atoms with E-state index in [1.807, 2.05) is 19.9 Å². The molecule has 1 aromatic carbocycles. The van der Waals surface area contributed by atoms with Gasteiger partial charge in [0.15, 0.2) is 0 Å². The van der Waals surface area contributed by atoms with E-state index in [0.717, 1.165) is 12.8 Å². The molecule has 10 nitrogen and oxygen atoms in total. The molecule has 0 aliphatic carbocycles. The molecule has 0 aromatic heterocycles. The third kappa shape index (κ3) is 13.2. The first-order valence-corrected chi connectivity index (χ1v) is 14.8. The lowest BCUT2D eigenvalue weighted by atomic mass is 9.83. The van der Waals surface area contributed by atoms with Crippen molar-refractivity contribution in [2.24, 2.45) is 35.3 Å². The number of ether oxygens (including phenoxy) is 2. The van der Waals surface area contributed by atoms with Gasteiger partial charge in [0, 0.05) is 45.8 Å². The van der Waals surface area contributed by atoms with Crippen molar-refractivity contribution in [3.05, 3.63) is 29.8 Å². The van der Waals surface area contributed by atoms with Gasteiger partial charge in [-0.1, -0.05) is 46.8 Å². The summed E-state index contributed by atoms with van der Waals surface area (Å²) in [4.78, 5) is 37.7. The summed E-state index contributed by atoms with van der Waals surface area (Å²) in [6.07, 6.45) is 1.51. The van der Waals surface area contributed by atoms with Gasteiger partial charge in [-0.25, -0.2) is 0 Å². The lowest BCUT2D eigenvalue weighted by Gasteiger charge is -2.30. The number of benzene rings is 1. The van der Waals surface area contributed by atoms with Crippen LogP contribution in [0.4, 0.5) is 0 Å². The fraction of sp³-hybridized carbons (Fsp3) is 0.710. The summed E-state index contributed by atoms with van der Waals surface area (Å²) in [6, 6.07) is 6.61. The average molecular weight is 579 g/mol. The van der Waals surface area contributed by atoms with Crippen LogP contribution < -0.4 is 26.4 Å². The molecule has 0 saturated heterocycles. The van der Waals surface area contributed by atoms with E-state index in [-0.39, 0.29) is 54.4 Å². The van der Waals surface area contributed by atoms with Gasteiger partial charge in [-0.15, -0.1) is 0 Å². The Bertz CT molecular complexity index is 926. The number of aliphatic hydroxyl groups is 1. The first-order chi connectivity index (χ1) is 19.4. The van der Waals surface area contributed by atoms with E-state index in [0.29, 0.717) is 37.5 Å². The van der Waals surface area contributed by atoms with Crippen LogP contribution in [0.5, 0.6) is 5.75 Å². The predicted octanol–water partition coefficient (Wildman–Crippen LogP) is 2.73. The second-order valence-corrected chi connectivity index (χ2v) is 11.6. The molecular weight excluding hydrogens is 524 g/mol. The number of hydrogen-bond acceptors (Lipinski definition) is 7. The number of carbonyl (C=O) groups is 3. The number of rotatable bonds is 20. The molecule has 0 fully saturated rings. The zero-order chi connectivity index (χ0) is 30.9. The average Bonchev–Trinajstić information content (AvgIpc) is 2.95. The van der Waals surface area contributed by atoms with Crippen LogP contribution in [0.1, 0.15) is 70.7 Å². The monoisotopic (exact) mass is 578 g/mol. The Morgan fingerprint density at radius 2 is 1.56 bits per heavy atom. The van der Waals surface area contributed by atoms with E-state index >= 15 is 0 Å². The Balaban J connectivity index is 2.72. The Morgan fingerprint density at radius 1 is 0.902 bits per heavy atom. The van der Waals surface area contributed by atoms with Crippen LogP contribution in [0, 0.1) is 29.6 Å². The summed E-state index contributed by atoms with van der Waals surface area (Å²) in [5.41, 5.74) is 6.91. The van der Waals surface area contributed by atoms with Crippen LogP contribution in [0.25, 0.3) is 0 Å². The Labute approximate surface area is 246 Å². The molecule has 5 atom stereocenters. The maximum atomic E-state index is 13.1. The Kier molecular flexibility index (Phi) is 17.2. The topological polar surface area (TPSA) is 152 Å². The standard InChI is InChI=1S/C31H54N4O6/c1-20(2)23(19-35-30(38)24-12-8-9-13-28(24)41-15-11-10-14-40-7)16-26(32)27(36)17-25(21(3)4)31(39)34-18-22(5)29(37)33-6/h8-9,12-13,20-23,25-27,36H,10-11,14-19,32H2,1-7H3,(H,33,37)(H,34,39)(H,35,38)/t22?,23?,25?,26?,27-/m1/s1. The number of nitrogens with two attached hydrogens (primary N) is 1. The van der Waals surface area contributed by atoms with Crippen molar-refractivity contribution in [3.8, 4) is 5.75 Å². The van der Waals surface area contributed by atoms with Gasteiger partial charge in [0.05, 0.1) is 24.2 Å². The molecule has 3 amide bonds. The first kappa shape index (κ1) is 36.3. The summed E-state index contributed by atoms with van der Waals surface area (Å²) in [6.45, 7) is 11.5. The highest BCUT2D eigenvalue weighted by atomic mass is 16.5. The van der Waals surface area contributed by atoms with Gasteiger partial charge in [0.1, 0.15) is 5.75 Å². The number of hydrogen-bond donors (Lipinski definition) is 5. The highest BCUT2D eigenvalue weighted by Crippen LogP contribution is 2.24. The molecule has 6 N–H and O–H groups in total. The van der Waals surface area contributed by atoms with Crippen molar-refractivity contribution < 1.29 is 29.0 Å². The van der Waals surface area contributed by atoms with Gasteiger partial charge in [0.25, 0.3) is 5.91 Å². The largest absolute Gasteiger partial charge is 0.493 e. The van der Waals surface area contributed by atoms with Gasteiger partial charge in [-0.05, 0) is 55.6 Å². The van der Waals surface area contributed by atoms with Gasteiger partial charge in [-0.2, -0.15) is 0 Å². The Hall–Kier alpha value is -2.69. The van der Waals surface area contributed by atoms with E-state index < -0.39 is 18.1 Å². The summed E-state index contributed by atoms with van der Waals surface area (Å²) in [7, 11) is 3.23. The molecule has 0 spiro atoms. The fourth-order valence-corrected chi connectivity index (χ4v) is 4.57. The molecule has 0 heterocycles. The van der Waals surface area contributed by atoms with Crippen LogP contribution in [-0.2, 0) is 14.3 Å². The minimum absolute atomic E-state index is 0.0189. The summed E-state index contributed by atoms with van der Waals surface area (Å²) in [5, 5.41) is 19.4. The quantitative estimate of drug-likeness (QED) is 0.149. The van der Waals surface area contributed by atoms with Crippen LogP contribution in [0.3, 0.4) is 0 Å². The lowest BCUT2D eigenvalue weighted by molar-refractivity contribution is -0.128. The third-order valence-corrected chi connectivity index (χ3v) is 7.58. The van der Waals surface area contributed by atoms with Gasteiger partial charge in [0.2, 0.25) is 11.8 Å². The van der Waals surface area contributed by atoms with Crippen LogP contribution in [-0.4, -0.2) is 75.4 Å². The summed E-state index contributed by atoms with van der Waals surface area (Å²) < 4.78 is 10.9. The van der Waals surface area contributed by atoms with E-state index in [9.17, 15) is 19.5 Å². The highest BCUT2D eigenvalue weighted by Gasteiger charge is 2.30. The van der Waals surface area contributed by atoms with Crippen LogP contribution >= 0.6 is 0 Å². The number of amides is 3. The lowest BCUT2D eigenvalue weighted by Crippen LogP contribution is -2.45. The molecule has 1 rings (SSSR count). The predicted molar refractivity (Wildman–Crippen MR) is 161 cm³/mol. The molecule has 0 aliphatic heterocycles. The molecule has 41 heavy (non-hydrogen) atoms. The zero-order valence-corrected chi connectivity index (χ0v) is 26.1. The van der Waals surface area contributed by atoms with Crippen molar-refractivity contribution in [2.45, 2.75) is 72.4 Å². The maximum Gasteiger partial charge on any atom is 0.255 e. The summed E-state index contributed by atoms with van der Waals surface area (Å²) in [5.74, 6) is -0.626. The molecule has 0 saturated carbocycles.